The molecule has 0 saturated heterocycles. The molecule has 3 rings (SSSR count). The molecule has 1 aliphatic heterocycles. The molecule has 6 heteroatoms. The number of benzene rings is 2. The largest absolute Gasteiger partial charge is 0.454 e. The van der Waals surface area contributed by atoms with E-state index in [9.17, 15) is 4.79 Å². The Labute approximate surface area is 120 Å². The number of halogens is 1. The fraction of sp³-hybridized carbons (Fsp3) is 0.0714. The van der Waals surface area contributed by atoms with Crippen LogP contribution in [0.1, 0.15) is 0 Å². The van der Waals surface area contributed by atoms with E-state index in [1.165, 1.54) is 0 Å². The standard InChI is InChI=1S/C14H11ClN2O3/c15-9-1-3-10(4-2-9)16-14(18)17-11-5-6-12-13(7-11)20-8-19-12/h1-7H,8H2,(H2,16,17,18). The van der Waals surface area contributed by atoms with E-state index in [-0.39, 0.29) is 12.8 Å². The first kappa shape index (κ1) is 12.6. The normalized spacial score (nSPS) is 12.1. The van der Waals surface area contributed by atoms with Gasteiger partial charge in [-0.1, -0.05) is 11.6 Å². The zero-order valence-electron chi connectivity index (χ0n) is 10.4. The van der Waals surface area contributed by atoms with Crippen LogP contribution in [-0.2, 0) is 0 Å². The van der Waals surface area contributed by atoms with Gasteiger partial charge in [0.25, 0.3) is 0 Å². The summed E-state index contributed by atoms with van der Waals surface area (Å²) in [5.41, 5.74) is 1.29. The van der Waals surface area contributed by atoms with Crippen LogP contribution < -0.4 is 20.1 Å². The summed E-state index contributed by atoms with van der Waals surface area (Å²) in [6.07, 6.45) is 0. The number of fused-ring (bicyclic) bond motifs is 1. The van der Waals surface area contributed by atoms with Crippen LogP contribution in [0.5, 0.6) is 11.5 Å². The lowest BCUT2D eigenvalue weighted by atomic mass is 10.3. The predicted molar refractivity (Wildman–Crippen MR) is 76.7 cm³/mol. The van der Waals surface area contributed by atoms with Gasteiger partial charge in [-0.15, -0.1) is 0 Å². The molecule has 1 heterocycles. The van der Waals surface area contributed by atoms with Crippen LogP contribution in [0.4, 0.5) is 16.2 Å². The van der Waals surface area contributed by atoms with Gasteiger partial charge in [-0.05, 0) is 36.4 Å². The highest BCUT2D eigenvalue weighted by atomic mass is 35.5. The molecule has 0 fully saturated rings. The zero-order valence-corrected chi connectivity index (χ0v) is 11.1. The summed E-state index contributed by atoms with van der Waals surface area (Å²) < 4.78 is 10.4. The van der Waals surface area contributed by atoms with Gasteiger partial charge in [0.1, 0.15) is 0 Å². The molecule has 2 aromatic rings. The monoisotopic (exact) mass is 290 g/mol. The van der Waals surface area contributed by atoms with Gasteiger partial charge in [0.05, 0.1) is 0 Å². The topological polar surface area (TPSA) is 59.6 Å². The molecule has 102 valence electrons. The Balaban J connectivity index is 1.65. The number of rotatable bonds is 2. The van der Waals surface area contributed by atoms with E-state index in [0.717, 1.165) is 0 Å². The molecule has 0 spiro atoms. The Kier molecular flexibility index (Phi) is 3.35. The smallest absolute Gasteiger partial charge is 0.323 e. The fourth-order valence-corrected chi connectivity index (χ4v) is 1.93. The van der Waals surface area contributed by atoms with Crippen molar-refractivity contribution in [1.82, 2.24) is 0 Å². The maximum atomic E-state index is 11.8. The third kappa shape index (κ3) is 2.78. The molecule has 0 saturated carbocycles. The second-order valence-corrected chi connectivity index (χ2v) is 4.59. The number of carbonyl (C=O) groups excluding carboxylic acids is 1. The Morgan fingerprint density at radius 3 is 2.40 bits per heavy atom. The SMILES string of the molecule is O=C(Nc1ccc(Cl)cc1)Nc1ccc2c(c1)OCO2. The van der Waals surface area contributed by atoms with E-state index in [1.807, 2.05) is 0 Å². The Hall–Kier alpha value is -2.40. The molecule has 0 aliphatic carbocycles. The number of carbonyl (C=O) groups is 1. The second kappa shape index (κ2) is 5.30. The average molecular weight is 291 g/mol. The third-order valence-electron chi connectivity index (χ3n) is 2.73. The van der Waals surface area contributed by atoms with Gasteiger partial charge in [-0.3, -0.25) is 0 Å². The van der Waals surface area contributed by atoms with Gasteiger partial charge in [-0.2, -0.15) is 0 Å². The van der Waals surface area contributed by atoms with Crippen LogP contribution in [0.25, 0.3) is 0 Å². The first-order chi connectivity index (χ1) is 9.70. The Morgan fingerprint density at radius 2 is 1.60 bits per heavy atom. The van der Waals surface area contributed by atoms with Crippen molar-refractivity contribution in [3.05, 3.63) is 47.5 Å². The fourth-order valence-electron chi connectivity index (χ4n) is 1.80. The van der Waals surface area contributed by atoms with Crippen molar-refractivity contribution in [2.24, 2.45) is 0 Å². The van der Waals surface area contributed by atoms with Crippen LogP contribution in [0.2, 0.25) is 5.02 Å². The van der Waals surface area contributed by atoms with Gasteiger partial charge in [-0.25, -0.2) is 4.79 Å². The lowest BCUT2D eigenvalue weighted by Gasteiger charge is -2.08. The molecular formula is C14H11ClN2O3. The van der Waals surface area contributed by atoms with Crippen molar-refractivity contribution in [2.75, 3.05) is 17.4 Å². The van der Waals surface area contributed by atoms with Crippen LogP contribution in [0.15, 0.2) is 42.5 Å². The highest BCUT2D eigenvalue weighted by Crippen LogP contribution is 2.34. The number of amides is 2. The second-order valence-electron chi connectivity index (χ2n) is 4.15. The molecule has 0 radical (unpaired) electrons. The highest BCUT2D eigenvalue weighted by Gasteiger charge is 2.14. The Morgan fingerprint density at radius 1 is 0.950 bits per heavy atom. The number of urea groups is 1. The Bertz CT molecular complexity index is 643. The first-order valence-corrected chi connectivity index (χ1v) is 6.32. The van der Waals surface area contributed by atoms with Crippen molar-refractivity contribution < 1.29 is 14.3 Å². The minimum atomic E-state index is -0.341. The van der Waals surface area contributed by atoms with Crippen molar-refractivity contribution in [3.8, 4) is 11.5 Å². The molecule has 0 bridgehead atoms. The molecular weight excluding hydrogens is 280 g/mol. The van der Waals surface area contributed by atoms with E-state index >= 15 is 0 Å². The van der Waals surface area contributed by atoms with Crippen LogP contribution in [0, 0.1) is 0 Å². The molecule has 0 aromatic heterocycles. The average Bonchev–Trinajstić information content (AvgIpc) is 2.89. The third-order valence-corrected chi connectivity index (χ3v) is 2.98. The summed E-state index contributed by atoms with van der Waals surface area (Å²) in [4.78, 5) is 11.8. The number of anilines is 2. The van der Waals surface area contributed by atoms with Crippen molar-refractivity contribution in [2.45, 2.75) is 0 Å². The highest BCUT2D eigenvalue weighted by molar-refractivity contribution is 6.30. The van der Waals surface area contributed by atoms with Gasteiger partial charge in [0.15, 0.2) is 11.5 Å². The molecule has 2 N–H and O–H groups in total. The quantitative estimate of drug-likeness (QED) is 0.886. The number of hydrogen-bond donors (Lipinski definition) is 2. The predicted octanol–water partition coefficient (Wildman–Crippen LogP) is 3.71. The van der Waals surface area contributed by atoms with Crippen molar-refractivity contribution in [3.63, 3.8) is 0 Å². The first-order valence-electron chi connectivity index (χ1n) is 5.94. The molecule has 2 amide bonds. The van der Waals surface area contributed by atoms with Crippen LogP contribution in [0.3, 0.4) is 0 Å². The summed E-state index contributed by atoms with van der Waals surface area (Å²) >= 11 is 5.78. The summed E-state index contributed by atoms with van der Waals surface area (Å²) in [6, 6.07) is 11.7. The minimum Gasteiger partial charge on any atom is -0.454 e. The van der Waals surface area contributed by atoms with Crippen molar-refractivity contribution in [1.29, 1.82) is 0 Å². The number of nitrogens with one attached hydrogen (secondary N) is 2. The summed E-state index contributed by atoms with van der Waals surface area (Å²) in [5.74, 6) is 1.29. The van der Waals surface area contributed by atoms with Gasteiger partial charge in [0, 0.05) is 22.5 Å². The molecule has 2 aromatic carbocycles. The maximum absolute atomic E-state index is 11.8. The zero-order chi connectivity index (χ0) is 13.9. The van der Waals surface area contributed by atoms with E-state index in [0.29, 0.717) is 27.9 Å². The van der Waals surface area contributed by atoms with Crippen LogP contribution >= 0.6 is 11.6 Å². The summed E-state index contributed by atoms with van der Waals surface area (Å²) in [5, 5.41) is 6.04. The van der Waals surface area contributed by atoms with E-state index in [1.54, 1.807) is 42.5 Å². The summed E-state index contributed by atoms with van der Waals surface area (Å²) in [6.45, 7) is 0.204. The van der Waals surface area contributed by atoms with Crippen molar-refractivity contribution >= 4 is 29.0 Å². The molecule has 0 unspecified atom stereocenters. The molecule has 5 nitrogen and oxygen atoms in total. The number of hydrogen-bond acceptors (Lipinski definition) is 3. The summed E-state index contributed by atoms with van der Waals surface area (Å²) in [7, 11) is 0. The molecule has 1 aliphatic rings. The van der Waals surface area contributed by atoms with Gasteiger partial charge in [0.2, 0.25) is 6.79 Å². The lowest BCUT2D eigenvalue weighted by Crippen LogP contribution is -2.19. The van der Waals surface area contributed by atoms with Crippen LogP contribution in [-0.4, -0.2) is 12.8 Å². The van der Waals surface area contributed by atoms with Gasteiger partial charge < -0.3 is 20.1 Å². The van der Waals surface area contributed by atoms with Gasteiger partial charge >= 0.3 is 6.03 Å². The van der Waals surface area contributed by atoms with E-state index in [2.05, 4.69) is 10.6 Å². The van der Waals surface area contributed by atoms with E-state index in [4.69, 9.17) is 21.1 Å². The maximum Gasteiger partial charge on any atom is 0.323 e. The van der Waals surface area contributed by atoms with E-state index < -0.39 is 0 Å². The molecule has 20 heavy (non-hydrogen) atoms. The minimum absolute atomic E-state index is 0.204. The lowest BCUT2D eigenvalue weighted by molar-refractivity contribution is 0.174. The molecule has 0 atom stereocenters. The number of ether oxygens (including phenoxy) is 2.